The van der Waals surface area contributed by atoms with Gasteiger partial charge in [0, 0.05) is 21.9 Å². The summed E-state index contributed by atoms with van der Waals surface area (Å²) in [5.41, 5.74) is 18.8. The fraction of sp³-hybridized carbons (Fsp3) is 0.0172. The lowest BCUT2D eigenvalue weighted by atomic mass is 9.70. The third-order valence-electron chi connectivity index (χ3n) is 13.1. The molecule has 2 aliphatic rings. The molecular formula is C58H36N4. The van der Waals surface area contributed by atoms with Crippen molar-refractivity contribution in [1.82, 2.24) is 19.5 Å². The summed E-state index contributed by atoms with van der Waals surface area (Å²) in [6.45, 7) is 0. The SMILES string of the molecule is c1ccc(-c2ccc(-c3nc(-c4ccccc4)nc(-n4c5ccccc5c5cc(-c6cccc7c6-c6ccccc6C76c7ccccc7-c7ccccc76)ccc54)n3)cc2)cc1. The maximum Gasteiger partial charge on any atom is 0.238 e. The summed E-state index contributed by atoms with van der Waals surface area (Å²) in [5.74, 6) is 1.83. The van der Waals surface area contributed by atoms with Crippen molar-refractivity contribution in [2.75, 3.05) is 0 Å². The van der Waals surface area contributed by atoms with E-state index in [0.29, 0.717) is 17.6 Å². The van der Waals surface area contributed by atoms with Gasteiger partial charge in [-0.2, -0.15) is 9.97 Å². The van der Waals surface area contributed by atoms with Crippen molar-refractivity contribution in [1.29, 1.82) is 0 Å². The molecule has 0 aliphatic heterocycles. The molecule has 4 heteroatoms. The lowest BCUT2D eigenvalue weighted by molar-refractivity contribution is 0.794. The second-order valence-electron chi connectivity index (χ2n) is 16.3. The van der Waals surface area contributed by atoms with Gasteiger partial charge in [0.05, 0.1) is 16.4 Å². The van der Waals surface area contributed by atoms with Crippen LogP contribution in [-0.4, -0.2) is 19.5 Å². The van der Waals surface area contributed by atoms with Crippen molar-refractivity contribution >= 4 is 21.8 Å². The number of hydrogen-bond donors (Lipinski definition) is 0. The first-order valence-electron chi connectivity index (χ1n) is 21.2. The van der Waals surface area contributed by atoms with Gasteiger partial charge in [0.2, 0.25) is 5.95 Å². The maximum absolute atomic E-state index is 5.25. The Balaban J connectivity index is 1.01. The van der Waals surface area contributed by atoms with Gasteiger partial charge in [0.25, 0.3) is 0 Å². The molecule has 0 radical (unpaired) electrons. The van der Waals surface area contributed by atoms with E-state index in [1.54, 1.807) is 0 Å². The number of benzene rings is 9. The van der Waals surface area contributed by atoms with Gasteiger partial charge in [-0.3, -0.25) is 4.57 Å². The smallest absolute Gasteiger partial charge is 0.238 e. The summed E-state index contributed by atoms with van der Waals surface area (Å²) in [4.78, 5) is 15.5. The molecule has 0 unspecified atom stereocenters. The van der Waals surface area contributed by atoms with E-state index < -0.39 is 5.41 Å². The minimum atomic E-state index is -0.399. The zero-order valence-electron chi connectivity index (χ0n) is 33.6. The standard InChI is InChI=1S/C58H36N4/c1-3-16-37(17-4-1)38-30-32-40(33-31-38)56-59-55(39-18-5-2-6-19-39)60-57(61-56)62-52-29-14-10-22-45(52)47-36-41(34-35-53(47)62)42-24-15-28-51-54(42)46-23-9-13-27-50(46)58(51)48-25-11-7-20-43(48)44-21-8-12-26-49(44)58/h1-36H. The van der Waals surface area contributed by atoms with Gasteiger partial charge < -0.3 is 0 Å². The number of hydrogen-bond acceptors (Lipinski definition) is 3. The summed E-state index contributed by atoms with van der Waals surface area (Å²) < 4.78 is 2.20. The van der Waals surface area contributed by atoms with E-state index in [1.807, 2.05) is 24.3 Å². The van der Waals surface area contributed by atoms with Crippen LogP contribution in [0.25, 0.3) is 95.0 Å². The maximum atomic E-state index is 5.25. The molecule has 2 aromatic heterocycles. The highest BCUT2D eigenvalue weighted by atomic mass is 15.2. The van der Waals surface area contributed by atoms with E-state index >= 15 is 0 Å². The predicted octanol–water partition coefficient (Wildman–Crippen LogP) is 14.0. The van der Waals surface area contributed by atoms with Crippen LogP contribution in [0.3, 0.4) is 0 Å². The molecule has 0 N–H and O–H groups in total. The Labute approximate surface area is 359 Å². The van der Waals surface area contributed by atoms with Crippen LogP contribution < -0.4 is 0 Å². The molecule has 2 heterocycles. The predicted molar refractivity (Wildman–Crippen MR) is 252 cm³/mol. The van der Waals surface area contributed by atoms with E-state index in [1.165, 1.54) is 61.2 Å². The fourth-order valence-electron chi connectivity index (χ4n) is 10.5. The lowest BCUT2D eigenvalue weighted by Gasteiger charge is -2.30. The monoisotopic (exact) mass is 788 g/mol. The largest absolute Gasteiger partial charge is 0.278 e. The molecule has 0 fully saturated rings. The van der Waals surface area contributed by atoms with Gasteiger partial charge in [-0.25, -0.2) is 4.98 Å². The number of nitrogens with zero attached hydrogens (tertiary/aromatic N) is 4. The van der Waals surface area contributed by atoms with Crippen LogP contribution in [0.1, 0.15) is 22.3 Å². The zero-order chi connectivity index (χ0) is 40.8. The van der Waals surface area contributed by atoms with Gasteiger partial charge in [0.15, 0.2) is 11.6 Å². The summed E-state index contributed by atoms with van der Waals surface area (Å²) in [6.07, 6.45) is 0. The van der Waals surface area contributed by atoms with Gasteiger partial charge in [0.1, 0.15) is 0 Å². The van der Waals surface area contributed by atoms with Crippen molar-refractivity contribution in [3.63, 3.8) is 0 Å². The third kappa shape index (κ3) is 4.92. The third-order valence-corrected chi connectivity index (χ3v) is 13.1. The second-order valence-corrected chi connectivity index (χ2v) is 16.3. The fourth-order valence-corrected chi connectivity index (χ4v) is 10.5. The average Bonchev–Trinajstić information content (AvgIpc) is 3.96. The van der Waals surface area contributed by atoms with Crippen molar-refractivity contribution < 1.29 is 0 Å². The van der Waals surface area contributed by atoms with E-state index in [0.717, 1.165) is 38.5 Å². The minimum absolute atomic E-state index is 0.399. The highest BCUT2D eigenvalue weighted by molar-refractivity contribution is 6.11. The molecule has 62 heavy (non-hydrogen) atoms. The highest BCUT2D eigenvalue weighted by Gasteiger charge is 2.51. The summed E-state index contributed by atoms with van der Waals surface area (Å²) in [6, 6.07) is 78.6. The molecule has 0 saturated carbocycles. The van der Waals surface area contributed by atoms with Crippen LogP contribution in [0, 0.1) is 0 Å². The molecule has 0 amide bonds. The Bertz CT molecular complexity index is 3520. The molecule has 9 aromatic carbocycles. The molecule has 0 atom stereocenters. The summed E-state index contributed by atoms with van der Waals surface area (Å²) in [7, 11) is 0. The van der Waals surface area contributed by atoms with Gasteiger partial charge >= 0.3 is 0 Å². The molecule has 2 aliphatic carbocycles. The quantitative estimate of drug-likeness (QED) is 0.174. The zero-order valence-corrected chi connectivity index (χ0v) is 33.6. The van der Waals surface area contributed by atoms with E-state index in [-0.39, 0.29) is 0 Å². The first-order chi connectivity index (χ1) is 30.8. The molecule has 11 aromatic rings. The van der Waals surface area contributed by atoms with Crippen molar-refractivity contribution in [3.05, 3.63) is 241 Å². The van der Waals surface area contributed by atoms with E-state index in [4.69, 9.17) is 15.0 Å². The van der Waals surface area contributed by atoms with Crippen LogP contribution >= 0.6 is 0 Å². The van der Waals surface area contributed by atoms with Crippen LogP contribution in [0.2, 0.25) is 0 Å². The number of para-hydroxylation sites is 1. The highest BCUT2D eigenvalue weighted by Crippen LogP contribution is 2.64. The van der Waals surface area contributed by atoms with Gasteiger partial charge in [-0.1, -0.05) is 200 Å². The topological polar surface area (TPSA) is 43.6 Å². The molecule has 4 nitrogen and oxygen atoms in total. The number of aromatic nitrogens is 4. The van der Waals surface area contributed by atoms with Crippen LogP contribution in [0.5, 0.6) is 0 Å². The van der Waals surface area contributed by atoms with E-state index in [9.17, 15) is 0 Å². The van der Waals surface area contributed by atoms with Crippen LogP contribution in [-0.2, 0) is 5.41 Å². The van der Waals surface area contributed by atoms with Gasteiger partial charge in [-0.05, 0) is 85.0 Å². The number of fused-ring (bicyclic) bond motifs is 13. The summed E-state index contributed by atoms with van der Waals surface area (Å²) in [5, 5.41) is 2.28. The van der Waals surface area contributed by atoms with Crippen LogP contribution in [0.15, 0.2) is 218 Å². The first-order valence-corrected chi connectivity index (χ1v) is 21.2. The normalized spacial score (nSPS) is 13.0. The Kier molecular flexibility index (Phi) is 7.49. The first kappa shape index (κ1) is 34.6. The summed E-state index contributed by atoms with van der Waals surface area (Å²) >= 11 is 0. The molecule has 288 valence electrons. The molecule has 0 saturated heterocycles. The van der Waals surface area contributed by atoms with Crippen molar-refractivity contribution in [3.8, 4) is 73.2 Å². The Morgan fingerprint density at radius 3 is 1.47 bits per heavy atom. The molecule has 0 bridgehead atoms. The van der Waals surface area contributed by atoms with Gasteiger partial charge in [-0.15, -0.1) is 0 Å². The van der Waals surface area contributed by atoms with Crippen LogP contribution in [0.4, 0.5) is 0 Å². The average molecular weight is 789 g/mol. The van der Waals surface area contributed by atoms with Crippen molar-refractivity contribution in [2.45, 2.75) is 5.41 Å². The Morgan fingerprint density at radius 1 is 0.306 bits per heavy atom. The number of rotatable bonds is 5. The molecule has 13 rings (SSSR count). The second kappa shape index (κ2) is 13.4. The van der Waals surface area contributed by atoms with Crippen molar-refractivity contribution in [2.24, 2.45) is 0 Å². The lowest BCUT2D eigenvalue weighted by Crippen LogP contribution is -2.25. The molecular weight excluding hydrogens is 753 g/mol. The Hall–Kier alpha value is -8.21. The molecule has 1 spiro atoms. The van der Waals surface area contributed by atoms with E-state index in [2.05, 4.69) is 199 Å². The minimum Gasteiger partial charge on any atom is -0.278 e. The Morgan fingerprint density at radius 2 is 0.774 bits per heavy atom.